The average molecular weight is 327 g/mol. The van der Waals surface area contributed by atoms with Crippen LogP contribution in [0, 0.1) is 0 Å². The zero-order chi connectivity index (χ0) is 15.5. The fourth-order valence-electron chi connectivity index (χ4n) is 2.10. The van der Waals surface area contributed by atoms with Gasteiger partial charge in [0.2, 0.25) is 0 Å². The molecule has 0 atom stereocenters. The van der Waals surface area contributed by atoms with Crippen LogP contribution in [0.25, 0.3) is 17.4 Å². The maximum atomic E-state index is 11.9. The van der Waals surface area contributed by atoms with Crippen molar-refractivity contribution >= 4 is 40.3 Å². The second-order valence-electron chi connectivity index (χ2n) is 4.65. The van der Waals surface area contributed by atoms with Crippen LogP contribution in [-0.4, -0.2) is 21.7 Å². The number of hydrogen-bond donors (Lipinski definition) is 0. The summed E-state index contributed by atoms with van der Waals surface area (Å²) in [7, 11) is 0. The van der Waals surface area contributed by atoms with E-state index in [4.69, 9.17) is 16.6 Å². The normalized spacial score (nSPS) is 16.5. The second kappa shape index (κ2) is 6.34. The minimum Gasteiger partial charge on any atom is -0.457 e. The summed E-state index contributed by atoms with van der Waals surface area (Å²) in [6.45, 7) is 4.06. The lowest BCUT2D eigenvalue weighted by atomic mass is 10.2. The molecule has 3 rings (SSSR count). The third-order valence-corrected chi connectivity index (χ3v) is 4.64. The minimum atomic E-state index is -0.0778. The Morgan fingerprint density at radius 1 is 1.23 bits per heavy atom. The maximum Gasteiger partial charge on any atom is 0.291 e. The molecule has 1 amide bonds. The Hall–Kier alpha value is -2.11. The van der Waals surface area contributed by atoms with Gasteiger partial charge in [-0.2, -0.15) is 0 Å². The van der Waals surface area contributed by atoms with Gasteiger partial charge in [0.25, 0.3) is 5.24 Å². The number of benzene rings is 1. The first-order valence-corrected chi connectivity index (χ1v) is 7.93. The first-order valence-electron chi connectivity index (χ1n) is 6.70. The molecule has 1 aromatic carbocycles. The highest BCUT2D eigenvalue weighted by Crippen LogP contribution is 2.34. The Balaban J connectivity index is 1.85. The van der Waals surface area contributed by atoms with Gasteiger partial charge in [-0.3, -0.25) is 9.69 Å². The largest absolute Gasteiger partial charge is 0.457 e. The van der Waals surface area contributed by atoms with Gasteiger partial charge in [0.15, 0.2) is 0 Å². The Morgan fingerprint density at radius 3 is 2.73 bits per heavy atom. The maximum absolute atomic E-state index is 11.9. The van der Waals surface area contributed by atoms with Gasteiger partial charge in [-0.05, 0) is 30.0 Å². The number of furan rings is 1. The van der Waals surface area contributed by atoms with Crippen LogP contribution >= 0.6 is 24.0 Å². The Labute approximate surface area is 138 Å². The van der Waals surface area contributed by atoms with Crippen molar-refractivity contribution in [2.45, 2.75) is 0 Å². The molecule has 0 radical (unpaired) electrons. The molecule has 0 bridgehead atoms. The molecule has 2 aromatic rings. The van der Waals surface area contributed by atoms with Crippen molar-refractivity contribution in [2.24, 2.45) is 0 Å². The van der Waals surface area contributed by atoms with E-state index in [1.54, 1.807) is 12.2 Å². The van der Waals surface area contributed by atoms with Crippen molar-refractivity contribution in [1.29, 1.82) is 0 Å². The van der Waals surface area contributed by atoms with Gasteiger partial charge in [0.05, 0.1) is 4.91 Å². The van der Waals surface area contributed by atoms with Crippen molar-refractivity contribution in [2.75, 3.05) is 6.54 Å². The van der Waals surface area contributed by atoms with Crippen molar-refractivity contribution in [3.05, 3.63) is 65.8 Å². The van der Waals surface area contributed by atoms with Crippen LogP contribution in [0.1, 0.15) is 5.76 Å². The summed E-state index contributed by atoms with van der Waals surface area (Å²) in [4.78, 5) is 14.7. The van der Waals surface area contributed by atoms with E-state index < -0.39 is 0 Å². The number of thioether (sulfide) groups is 1. The Kier molecular flexibility index (Phi) is 4.27. The molecule has 0 N–H and O–H groups in total. The number of rotatable bonds is 4. The molecule has 0 saturated carbocycles. The first kappa shape index (κ1) is 14.8. The van der Waals surface area contributed by atoms with Crippen LogP contribution in [-0.2, 0) is 0 Å². The predicted molar refractivity (Wildman–Crippen MR) is 94.6 cm³/mol. The van der Waals surface area contributed by atoms with E-state index in [2.05, 4.69) is 6.58 Å². The van der Waals surface area contributed by atoms with Gasteiger partial charge in [0.1, 0.15) is 16.5 Å². The van der Waals surface area contributed by atoms with E-state index in [9.17, 15) is 4.79 Å². The van der Waals surface area contributed by atoms with Crippen LogP contribution in [0.3, 0.4) is 0 Å². The van der Waals surface area contributed by atoms with Crippen molar-refractivity contribution in [3.8, 4) is 11.3 Å². The molecule has 110 valence electrons. The van der Waals surface area contributed by atoms with Crippen LogP contribution < -0.4 is 0 Å². The molecule has 1 aliphatic heterocycles. The molecule has 1 fully saturated rings. The van der Waals surface area contributed by atoms with Crippen molar-refractivity contribution in [3.63, 3.8) is 0 Å². The standard InChI is InChI=1S/C17H13NO2S2/c1-2-10-18-16(21)15(22-17(18)19)11-13-8-9-14(20-13)12-6-4-3-5-7-12/h2-9,11H,1,10H2/b15-11-. The molecular weight excluding hydrogens is 314 g/mol. The second-order valence-corrected chi connectivity index (χ2v) is 6.03. The highest BCUT2D eigenvalue weighted by molar-refractivity contribution is 8.19. The summed E-state index contributed by atoms with van der Waals surface area (Å²) in [5.74, 6) is 1.47. The number of hydrogen-bond acceptors (Lipinski definition) is 4. The first-order chi connectivity index (χ1) is 10.7. The number of carbonyl (C=O) groups excluding carboxylic acids is 1. The predicted octanol–water partition coefficient (Wildman–Crippen LogP) is 4.97. The minimum absolute atomic E-state index is 0.0778. The molecule has 5 heteroatoms. The average Bonchev–Trinajstić information content (AvgIpc) is 3.09. The topological polar surface area (TPSA) is 33.5 Å². The fraction of sp³-hybridized carbons (Fsp3) is 0.0588. The zero-order valence-electron chi connectivity index (χ0n) is 11.7. The highest BCUT2D eigenvalue weighted by atomic mass is 32.2. The van der Waals surface area contributed by atoms with Gasteiger partial charge in [-0.25, -0.2) is 0 Å². The van der Waals surface area contributed by atoms with Gasteiger partial charge in [0, 0.05) is 12.1 Å². The number of thiocarbonyl (C=S) groups is 1. The molecule has 1 aromatic heterocycles. The molecule has 2 heterocycles. The lowest BCUT2D eigenvalue weighted by molar-refractivity contribution is 0.248. The van der Waals surface area contributed by atoms with Crippen LogP contribution in [0.4, 0.5) is 4.79 Å². The molecule has 1 saturated heterocycles. The molecule has 0 aliphatic carbocycles. The lowest BCUT2D eigenvalue weighted by Crippen LogP contribution is -2.26. The van der Waals surface area contributed by atoms with E-state index in [1.165, 1.54) is 4.90 Å². The molecule has 0 spiro atoms. The highest BCUT2D eigenvalue weighted by Gasteiger charge is 2.30. The van der Waals surface area contributed by atoms with Crippen LogP contribution in [0.15, 0.2) is 64.4 Å². The Morgan fingerprint density at radius 2 is 2.00 bits per heavy atom. The Bertz CT molecular complexity index is 762. The third kappa shape index (κ3) is 2.91. The van der Waals surface area contributed by atoms with E-state index in [-0.39, 0.29) is 5.24 Å². The fourth-order valence-corrected chi connectivity index (χ4v) is 3.34. The summed E-state index contributed by atoms with van der Waals surface area (Å²) >= 11 is 6.45. The molecule has 22 heavy (non-hydrogen) atoms. The van der Waals surface area contributed by atoms with Gasteiger partial charge in [-0.1, -0.05) is 48.6 Å². The summed E-state index contributed by atoms with van der Waals surface area (Å²) in [6, 6.07) is 13.6. The molecular formula is C17H13NO2S2. The number of amides is 1. The SMILES string of the molecule is C=CCN1C(=O)S/C(=C\c2ccc(-c3ccccc3)o2)C1=S. The summed E-state index contributed by atoms with van der Waals surface area (Å²) in [5, 5.41) is -0.0778. The quantitative estimate of drug-likeness (QED) is 0.451. The summed E-state index contributed by atoms with van der Waals surface area (Å²) < 4.78 is 5.81. The van der Waals surface area contributed by atoms with Crippen molar-refractivity contribution in [1.82, 2.24) is 4.90 Å². The molecule has 3 nitrogen and oxygen atoms in total. The van der Waals surface area contributed by atoms with Gasteiger partial charge >= 0.3 is 0 Å². The molecule has 0 unspecified atom stereocenters. The number of carbonyl (C=O) groups is 1. The van der Waals surface area contributed by atoms with E-state index in [0.717, 1.165) is 28.0 Å². The van der Waals surface area contributed by atoms with E-state index >= 15 is 0 Å². The summed E-state index contributed by atoms with van der Waals surface area (Å²) in [6.07, 6.45) is 3.47. The summed E-state index contributed by atoms with van der Waals surface area (Å²) in [5.41, 5.74) is 1.01. The van der Waals surface area contributed by atoms with Crippen LogP contribution in [0.2, 0.25) is 0 Å². The zero-order valence-corrected chi connectivity index (χ0v) is 13.3. The number of nitrogens with zero attached hydrogens (tertiary/aromatic N) is 1. The van der Waals surface area contributed by atoms with Gasteiger partial charge < -0.3 is 4.42 Å². The van der Waals surface area contributed by atoms with Crippen molar-refractivity contribution < 1.29 is 9.21 Å². The third-order valence-electron chi connectivity index (χ3n) is 3.14. The smallest absolute Gasteiger partial charge is 0.291 e. The van der Waals surface area contributed by atoms with Gasteiger partial charge in [-0.15, -0.1) is 6.58 Å². The van der Waals surface area contributed by atoms with Crippen LogP contribution in [0.5, 0.6) is 0 Å². The lowest BCUT2D eigenvalue weighted by Gasteiger charge is -2.10. The van der Waals surface area contributed by atoms with E-state index in [0.29, 0.717) is 17.3 Å². The monoisotopic (exact) mass is 327 g/mol. The molecule has 1 aliphatic rings. The van der Waals surface area contributed by atoms with E-state index in [1.807, 2.05) is 42.5 Å².